The Labute approximate surface area is 74.8 Å². The summed E-state index contributed by atoms with van der Waals surface area (Å²) in [5.74, 6) is -1.07. The summed E-state index contributed by atoms with van der Waals surface area (Å²) in [5, 5.41) is 0. The van der Waals surface area contributed by atoms with E-state index in [0.29, 0.717) is 0 Å². The van der Waals surface area contributed by atoms with Crippen molar-refractivity contribution in [2.24, 2.45) is 0 Å². The highest BCUT2D eigenvalue weighted by Crippen LogP contribution is 2.02. The molecule has 0 atom stereocenters. The summed E-state index contributed by atoms with van der Waals surface area (Å²) in [7, 11) is 0. The molecule has 0 saturated carbocycles. The number of rotatable bonds is 3. The van der Waals surface area contributed by atoms with Crippen LogP contribution in [-0.4, -0.2) is 22.5 Å². The number of hydrogen-bond acceptors (Lipinski definition) is 4. The zero-order chi connectivity index (χ0) is 9.68. The number of aromatic nitrogens is 2. The Balaban J connectivity index is 2.63. The lowest BCUT2D eigenvalue weighted by Crippen LogP contribution is -2.10. The number of nitrogens with zero attached hydrogens (tertiary/aromatic N) is 2. The minimum absolute atomic E-state index is 0.0634. The molecule has 0 spiro atoms. The van der Waals surface area contributed by atoms with Gasteiger partial charge in [-0.05, 0) is 6.92 Å². The van der Waals surface area contributed by atoms with Crippen LogP contribution in [0.4, 0.5) is 4.39 Å². The average molecular weight is 184 g/mol. The highest BCUT2D eigenvalue weighted by molar-refractivity contribution is 5.71. The van der Waals surface area contributed by atoms with Gasteiger partial charge >= 0.3 is 5.97 Å². The molecule has 0 aliphatic carbocycles. The molecule has 5 heteroatoms. The Hall–Kier alpha value is -1.52. The normalized spacial score (nSPS) is 9.69. The molecule has 1 heterocycles. The first kappa shape index (κ1) is 9.57. The van der Waals surface area contributed by atoms with Crippen LogP contribution in [0.1, 0.15) is 12.6 Å². The van der Waals surface area contributed by atoms with E-state index in [4.69, 9.17) is 0 Å². The fourth-order valence-electron chi connectivity index (χ4n) is 0.817. The van der Waals surface area contributed by atoms with Crippen LogP contribution in [-0.2, 0) is 16.0 Å². The van der Waals surface area contributed by atoms with Gasteiger partial charge in [0.2, 0.25) is 0 Å². The molecule has 0 amide bonds. The number of esters is 1. The van der Waals surface area contributed by atoms with E-state index < -0.39 is 11.8 Å². The van der Waals surface area contributed by atoms with Gasteiger partial charge in [-0.1, -0.05) is 0 Å². The number of carbonyl (C=O) groups is 1. The molecular formula is C8H9FN2O2. The number of halogens is 1. The molecule has 0 N–H and O–H groups in total. The summed E-state index contributed by atoms with van der Waals surface area (Å²) in [6, 6.07) is 0. The first-order valence-corrected chi connectivity index (χ1v) is 3.84. The minimum atomic E-state index is -0.587. The van der Waals surface area contributed by atoms with Crippen molar-refractivity contribution in [2.45, 2.75) is 13.3 Å². The van der Waals surface area contributed by atoms with Crippen LogP contribution in [0.3, 0.4) is 0 Å². The Kier molecular flexibility index (Phi) is 3.31. The molecule has 0 unspecified atom stereocenters. The number of hydrogen-bond donors (Lipinski definition) is 0. The molecule has 1 aromatic rings. The van der Waals surface area contributed by atoms with Gasteiger partial charge in [0.25, 0.3) is 0 Å². The number of carbonyl (C=O) groups excluding carboxylic acids is 1. The summed E-state index contributed by atoms with van der Waals surface area (Å²) in [4.78, 5) is 18.0. The van der Waals surface area contributed by atoms with Gasteiger partial charge in [-0.25, -0.2) is 14.4 Å². The van der Waals surface area contributed by atoms with Crippen molar-refractivity contribution in [2.75, 3.05) is 6.61 Å². The third-order valence-corrected chi connectivity index (χ3v) is 1.36. The van der Waals surface area contributed by atoms with E-state index in [1.807, 2.05) is 0 Å². The first-order chi connectivity index (χ1) is 6.24. The fraction of sp³-hybridized carbons (Fsp3) is 0.375. The summed E-state index contributed by atoms with van der Waals surface area (Å²) in [6.07, 6.45) is 2.06. The van der Waals surface area contributed by atoms with Gasteiger partial charge in [-0.3, -0.25) is 4.79 Å². The van der Waals surface area contributed by atoms with Crippen LogP contribution in [0.2, 0.25) is 0 Å². The lowest BCUT2D eigenvalue weighted by Gasteiger charge is -2.00. The predicted octanol–water partition coefficient (Wildman–Crippen LogP) is 0.721. The van der Waals surface area contributed by atoms with Crippen LogP contribution in [0, 0.1) is 5.82 Å². The molecule has 13 heavy (non-hydrogen) atoms. The quantitative estimate of drug-likeness (QED) is 0.649. The van der Waals surface area contributed by atoms with Gasteiger partial charge in [0.05, 0.1) is 24.9 Å². The maximum atomic E-state index is 12.9. The molecule has 0 radical (unpaired) electrons. The van der Waals surface area contributed by atoms with Crippen LogP contribution >= 0.6 is 0 Å². The van der Waals surface area contributed by atoms with Crippen LogP contribution in [0.15, 0.2) is 12.5 Å². The predicted molar refractivity (Wildman–Crippen MR) is 42.3 cm³/mol. The van der Waals surface area contributed by atoms with Crippen molar-refractivity contribution in [1.82, 2.24) is 9.97 Å². The smallest absolute Gasteiger partial charge is 0.311 e. The summed E-state index contributed by atoms with van der Waals surface area (Å²) in [6.45, 7) is 1.97. The lowest BCUT2D eigenvalue weighted by atomic mass is 10.3. The monoisotopic (exact) mass is 184 g/mol. The molecular weight excluding hydrogens is 175 g/mol. The highest BCUT2D eigenvalue weighted by atomic mass is 19.1. The zero-order valence-electron chi connectivity index (χ0n) is 7.16. The highest BCUT2D eigenvalue weighted by Gasteiger charge is 2.09. The molecule has 0 fully saturated rings. The molecule has 0 aliphatic rings. The first-order valence-electron chi connectivity index (χ1n) is 3.84. The van der Waals surface area contributed by atoms with E-state index in [0.717, 1.165) is 6.20 Å². The molecule has 0 bridgehead atoms. The molecule has 0 saturated heterocycles. The van der Waals surface area contributed by atoms with E-state index in [1.54, 1.807) is 6.92 Å². The summed E-state index contributed by atoms with van der Waals surface area (Å²) < 4.78 is 17.5. The Bertz CT molecular complexity index is 304. The van der Waals surface area contributed by atoms with E-state index >= 15 is 0 Å². The van der Waals surface area contributed by atoms with Crippen molar-refractivity contribution in [1.29, 1.82) is 0 Å². The van der Waals surface area contributed by atoms with Crippen molar-refractivity contribution < 1.29 is 13.9 Å². The second-order valence-corrected chi connectivity index (χ2v) is 2.30. The minimum Gasteiger partial charge on any atom is -0.466 e. The third kappa shape index (κ3) is 2.77. The molecule has 1 rings (SSSR count). The maximum Gasteiger partial charge on any atom is 0.311 e. The molecule has 1 aromatic heterocycles. The van der Waals surface area contributed by atoms with Gasteiger partial charge in [-0.15, -0.1) is 0 Å². The van der Waals surface area contributed by atoms with Crippen molar-refractivity contribution in [3.05, 3.63) is 24.0 Å². The fourth-order valence-corrected chi connectivity index (χ4v) is 0.817. The lowest BCUT2D eigenvalue weighted by molar-refractivity contribution is -0.142. The SMILES string of the molecule is CCOC(=O)Cc1ncncc1F. The van der Waals surface area contributed by atoms with Crippen LogP contribution in [0.25, 0.3) is 0 Å². The van der Waals surface area contributed by atoms with Gasteiger partial charge in [0.15, 0.2) is 5.82 Å². The summed E-state index contributed by atoms with van der Waals surface area (Å²) in [5.41, 5.74) is 0.0634. The van der Waals surface area contributed by atoms with Gasteiger partial charge < -0.3 is 4.74 Å². The topological polar surface area (TPSA) is 52.1 Å². The van der Waals surface area contributed by atoms with Crippen LogP contribution in [0.5, 0.6) is 0 Å². The van der Waals surface area contributed by atoms with Gasteiger partial charge in [0.1, 0.15) is 6.33 Å². The van der Waals surface area contributed by atoms with E-state index in [1.165, 1.54) is 6.33 Å². The van der Waals surface area contributed by atoms with Crippen LogP contribution < -0.4 is 0 Å². The second kappa shape index (κ2) is 4.49. The average Bonchev–Trinajstić information content (AvgIpc) is 2.09. The maximum absolute atomic E-state index is 12.9. The van der Waals surface area contributed by atoms with Crippen molar-refractivity contribution in [3.63, 3.8) is 0 Å². The van der Waals surface area contributed by atoms with Gasteiger partial charge in [0, 0.05) is 0 Å². The Morgan fingerprint density at radius 2 is 2.46 bits per heavy atom. The number of ether oxygens (including phenoxy) is 1. The molecule has 70 valence electrons. The van der Waals surface area contributed by atoms with Crippen molar-refractivity contribution in [3.8, 4) is 0 Å². The summed E-state index contributed by atoms with van der Waals surface area (Å²) >= 11 is 0. The molecule has 0 aliphatic heterocycles. The largest absolute Gasteiger partial charge is 0.466 e. The second-order valence-electron chi connectivity index (χ2n) is 2.30. The molecule has 0 aromatic carbocycles. The van der Waals surface area contributed by atoms with Crippen molar-refractivity contribution >= 4 is 5.97 Å². The molecule has 4 nitrogen and oxygen atoms in total. The van der Waals surface area contributed by atoms with Gasteiger partial charge in [-0.2, -0.15) is 0 Å². The standard InChI is InChI=1S/C8H9FN2O2/c1-2-13-8(12)3-7-6(9)4-10-5-11-7/h4-5H,2-3H2,1H3. The Morgan fingerprint density at radius 1 is 1.69 bits per heavy atom. The third-order valence-electron chi connectivity index (χ3n) is 1.36. The zero-order valence-corrected chi connectivity index (χ0v) is 7.16. The van der Waals surface area contributed by atoms with E-state index in [2.05, 4.69) is 14.7 Å². The van der Waals surface area contributed by atoms with E-state index in [9.17, 15) is 9.18 Å². The van der Waals surface area contributed by atoms with E-state index in [-0.39, 0.29) is 18.7 Å². The Morgan fingerprint density at radius 3 is 3.08 bits per heavy atom.